The molecule has 0 aliphatic heterocycles. The lowest BCUT2D eigenvalue weighted by Gasteiger charge is -1.99. The molecule has 0 amide bonds. The number of hydrogen-bond acceptors (Lipinski definition) is 10. The molecule has 0 aromatic carbocycles. The Morgan fingerprint density at radius 3 is 1.36 bits per heavy atom. The standard InChI is InChI=1S/C6H15N.C4H10O4S.CHNS.H3N.H2O4S/c1-3-5-7-6-4-2;1-3-7-9(5,6)8-4-2;2-1-3;;1-5(2,3)4/h7H,3-6H2,1-2H3;3-4H2,1-2H3;3H;1H3;(H2,1,2,3,4). The molecule has 14 heteroatoms. The van der Waals surface area contributed by atoms with E-state index in [1.165, 1.54) is 31.3 Å². The molecule has 0 heterocycles. The quantitative estimate of drug-likeness (QED) is 0.162. The Labute approximate surface area is 157 Å². The predicted molar refractivity (Wildman–Crippen MR) is 99.4 cm³/mol. The predicted octanol–water partition coefficient (Wildman–Crippen LogP) is 1.61. The van der Waals surface area contributed by atoms with Crippen LogP contribution in [0, 0.1) is 10.7 Å². The SMILES string of the molecule is CCCNCCC.CCOS(=O)(=O)OCC.N.N#CS.O=S(=O)(O)O. The van der Waals surface area contributed by atoms with E-state index < -0.39 is 20.8 Å². The second-order valence-electron chi connectivity index (χ2n) is 3.52. The van der Waals surface area contributed by atoms with E-state index in [0.717, 1.165) is 0 Å². The van der Waals surface area contributed by atoms with Crippen LogP contribution in [0.15, 0.2) is 0 Å². The molecule has 0 fully saturated rings. The van der Waals surface area contributed by atoms with Gasteiger partial charge < -0.3 is 11.5 Å². The van der Waals surface area contributed by atoms with Gasteiger partial charge in [0, 0.05) is 0 Å². The first kappa shape index (κ1) is 35.6. The van der Waals surface area contributed by atoms with E-state index in [9.17, 15) is 8.42 Å². The van der Waals surface area contributed by atoms with Gasteiger partial charge in [-0.05, 0) is 39.8 Å². The first-order chi connectivity index (χ1) is 10.9. The fourth-order valence-electron chi connectivity index (χ4n) is 0.801. The van der Waals surface area contributed by atoms with Crippen molar-refractivity contribution < 1.29 is 34.3 Å². The number of thiocyanates is 1. The van der Waals surface area contributed by atoms with Crippen LogP contribution in [0.1, 0.15) is 40.5 Å². The molecule has 0 saturated heterocycles. The highest BCUT2D eigenvalue weighted by molar-refractivity contribution is 7.85. The van der Waals surface area contributed by atoms with Gasteiger partial charge >= 0.3 is 20.8 Å². The van der Waals surface area contributed by atoms with E-state index in [1.54, 1.807) is 13.8 Å². The highest BCUT2D eigenvalue weighted by atomic mass is 32.3. The smallest absolute Gasteiger partial charge is 0.344 e. The molecule has 0 unspecified atom stereocenters. The third-order valence-corrected chi connectivity index (χ3v) is 2.43. The summed E-state index contributed by atoms with van der Waals surface area (Å²) in [6, 6.07) is 0. The number of thiol groups is 1. The molecule has 0 aliphatic carbocycles. The second kappa shape index (κ2) is 25.7. The molecule has 0 atom stereocenters. The summed E-state index contributed by atoms with van der Waals surface area (Å²) in [5.41, 5.74) is 0. The van der Waals surface area contributed by atoms with Crippen LogP contribution in [0.3, 0.4) is 0 Å². The summed E-state index contributed by atoms with van der Waals surface area (Å²) in [4.78, 5) is 0. The molecule has 0 spiro atoms. The van der Waals surface area contributed by atoms with Gasteiger partial charge in [-0.1, -0.05) is 26.5 Å². The molecular formula is C11H31N3O8S3. The average molecular weight is 430 g/mol. The molecule has 11 nitrogen and oxygen atoms in total. The molecule has 6 N–H and O–H groups in total. The molecule has 0 aliphatic rings. The fourth-order valence-corrected chi connectivity index (χ4v) is 1.45. The minimum absolute atomic E-state index is 0. The van der Waals surface area contributed by atoms with Gasteiger partial charge in [0.25, 0.3) is 0 Å². The summed E-state index contributed by atoms with van der Waals surface area (Å²) in [5.74, 6) is 0. The molecule has 0 radical (unpaired) electrons. The molecule has 156 valence electrons. The lowest BCUT2D eigenvalue weighted by molar-refractivity contribution is 0.231. The third kappa shape index (κ3) is 82.1. The number of rotatable bonds is 8. The minimum atomic E-state index is -4.67. The first-order valence-electron chi connectivity index (χ1n) is 6.93. The lowest BCUT2D eigenvalue weighted by atomic mass is 10.4. The Bertz CT molecular complexity index is 453. The summed E-state index contributed by atoms with van der Waals surface area (Å²) in [6.07, 6.45) is 2.50. The Morgan fingerprint density at radius 1 is 0.960 bits per heavy atom. The van der Waals surface area contributed by atoms with Crippen LogP contribution in [0.25, 0.3) is 0 Å². The zero-order valence-corrected chi connectivity index (χ0v) is 17.5. The van der Waals surface area contributed by atoms with Crippen LogP contribution in [0.2, 0.25) is 0 Å². The van der Waals surface area contributed by atoms with Gasteiger partial charge in [0.1, 0.15) is 5.40 Å². The molecular weight excluding hydrogens is 398 g/mol. The van der Waals surface area contributed by atoms with Crippen LogP contribution in [0.4, 0.5) is 0 Å². The van der Waals surface area contributed by atoms with E-state index >= 15 is 0 Å². The van der Waals surface area contributed by atoms with E-state index in [0.29, 0.717) is 0 Å². The number of hydrogen-bond donors (Lipinski definition) is 5. The maximum atomic E-state index is 10.4. The maximum Gasteiger partial charge on any atom is 0.399 e. The van der Waals surface area contributed by atoms with Crippen LogP contribution in [-0.4, -0.2) is 52.2 Å². The van der Waals surface area contributed by atoms with E-state index in [4.69, 9.17) is 22.8 Å². The van der Waals surface area contributed by atoms with Gasteiger partial charge in [0.05, 0.1) is 13.2 Å². The van der Waals surface area contributed by atoms with Crippen molar-refractivity contribution in [1.29, 1.82) is 5.26 Å². The lowest BCUT2D eigenvalue weighted by Crippen LogP contribution is -2.14. The van der Waals surface area contributed by atoms with Gasteiger partial charge in [-0.3, -0.25) is 9.11 Å². The van der Waals surface area contributed by atoms with Gasteiger partial charge in [-0.25, -0.2) is 8.37 Å². The molecule has 0 bridgehead atoms. The number of nitrogens with one attached hydrogen (secondary N) is 1. The van der Waals surface area contributed by atoms with Gasteiger partial charge in [-0.2, -0.15) is 22.1 Å². The van der Waals surface area contributed by atoms with E-state index in [2.05, 4.69) is 40.2 Å². The first-order valence-corrected chi connectivity index (χ1v) is 10.1. The molecule has 0 saturated carbocycles. The highest BCUT2D eigenvalue weighted by Gasteiger charge is 2.06. The van der Waals surface area contributed by atoms with E-state index in [-0.39, 0.29) is 19.4 Å². The summed E-state index contributed by atoms with van der Waals surface area (Å²) in [5, 5.41) is 11.9. The monoisotopic (exact) mass is 429 g/mol. The highest BCUT2D eigenvalue weighted by Crippen LogP contribution is 1.93. The van der Waals surface area contributed by atoms with Crippen molar-refractivity contribution in [3.05, 3.63) is 0 Å². The topological polar surface area (TPSA) is 198 Å². The van der Waals surface area contributed by atoms with Crippen molar-refractivity contribution in [3.63, 3.8) is 0 Å². The van der Waals surface area contributed by atoms with Crippen molar-refractivity contribution in [2.75, 3.05) is 26.3 Å². The minimum Gasteiger partial charge on any atom is -0.344 e. The van der Waals surface area contributed by atoms with Crippen molar-refractivity contribution in [2.45, 2.75) is 40.5 Å². The summed E-state index contributed by atoms with van der Waals surface area (Å²) in [7, 11) is -8.35. The van der Waals surface area contributed by atoms with Crippen molar-refractivity contribution >= 4 is 33.4 Å². The van der Waals surface area contributed by atoms with Crippen molar-refractivity contribution in [2.24, 2.45) is 0 Å². The van der Waals surface area contributed by atoms with Crippen molar-refractivity contribution in [1.82, 2.24) is 11.5 Å². The normalized spacial score (nSPS) is 9.52. The van der Waals surface area contributed by atoms with Crippen LogP contribution in [-0.2, 0) is 29.2 Å². The van der Waals surface area contributed by atoms with Gasteiger partial charge in [0.2, 0.25) is 0 Å². The largest absolute Gasteiger partial charge is 0.399 e. The van der Waals surface area contributed by atoms with Crippen LogP contribution >= 0.6 is 12.6 Å². The molecule has 0 aromatic rings. The molecule has 25 heavy (non-hydrogen) atoms. The van der Waals surface area contributed by atoms with Gasteiger partial charge in [0.15, 0.2) is 0 Å². The third-order valence-electron chi connectivity index (χ3n) is 1.38. The summed E-state index contributed by atoms with van der Waals surface area (Å²) in [6.45, 7) is 10.1. The Hall–Kier alpha value is -0.500. The maximum absolute atomic E-state index is 10.4. The number of nitriles is 1. The Morgan fingerprint density at radius 2 is 1.20 bits per heavy atom. The molecule has 0 rings (SSSR count). The zero-order valence-electron chi connectivity index (χ0n) is 15.0. The average Bonchev–Trinajstić information content (AvgIpc) is 2.39. The summed E-state index contributed by atoms with van der Waals surface area (Å²) >= 11 is 3.09. The zero-order chi connectivity index (χ0) is 20.1. The van der Waals surface area contributed by atoms with Crippen LogP contribution in [0.5, 0.6) is 0 Å². The number of nitrogens with zero attached hydrogens (tertiary/aromatic N) is 1. The Kier molecular flexibility index (Phi) is 36.6. The fraction of sp³-hybridized carbons (Fsp3) is 0.909. The van der Waals surface area contributed by atoms with Gasteiger partial charge in [-0.15, -0.1) is 0 Å². The van der Waals surface area contributed by atoms with Crippen LogP contribution < -0.4 is 11.5 Å². The Balaban J connectivity index is -0.0000000749. The summed E-state index contributed by atoms with van der Waals surface area (Å²) < 4.78 is 60.8. The van der Waals surface area contributed by atoms with Crippen molar-refractivity contribution in [3.8, 4) is 5.40 Å². The molecule has 0 aromatic heterocycles. The second-order valence-corrected chi connectivity index (χ2v) is 5.90. The van der Waals surface area contributed by atoms with E-state index in [1.807, 2.05) is 0 Å².